The Morgan fingerprint density at radius 1 is 1.36 bits per heavy atom. The zero-order valence-corrected chi connectivity index (χ0v) is 14.0. The van der Waals surface area contributed by atoms with Crippen LogP contribution in [0.1, 0.15) is 18.4 Å². The fourth-order valence-corrected chi connectivity index (χ4v) is 4.34. The Labute approximate surface area is 136 Å². The lowest BCUT2D eigenvalue weighted by Crippen LogP contribution is -2.45. The smallest absolute Gasteiger partial charge is 0.229 e. The summed E-state index contributed by atoms with van der Waals surface area (Å²) in [4.78, 5) is 14.7. The minimum Gasteiger partial charge on any atom is -0.493 e. The van der Waals surface area contributed by atoms with E-state index < -0.39 is 0 Å². The van der Waals surface area contributed by atoms with Crippen molar-refractivity contribution in [3.63, 3.8) is 0 Å². The molecular formula is C17H23NO3S. The standard InChI is InChI=1S/C17H23NO3S/c1-18(14-6-8-22-9-7-14)17(19)13-10-12-4-3-5-15(20-2)16(12)21-11-13/h3-5,13-14H,6-11H2,1-2H3/t13-/m0/s1. The Kier molecular flexibility index (Phi) is 4.81. The fraction of sp³-hybridized carbons (Fsp3) is 0.588. The molecule has 0 bridgehead atoms. The van der Waals surface area contributed by atoms with Gasteiger partial charge in [0.25, 0.3) is 0 Å². The molecule has 4 nitrogen and oxygen atoms in total. The Hall–Kier alpha value is -1.36. The normalized spacial score (nSPS) is 21.6. The maximum atomic E-state index is 12.8. The van der Waals surface area contributed by atoms with E-state index in [9.17, 15) is 4.79 Å². The molecule has 0 spiro atoms. The molecule has 120 valence electrons. The van der Waals surface area contributed by atoms with Crippen molar-refractivity contribution >= 4 is 17.7 Å². The lowest BCUT2D eigenvalue weighted by atomic mass is 9.94. The molecule has 0 aromatic heterocycles. The van der Waals surface area contributed by atoms with Gasteiger partial charge in [-0.15, -0.1) is 0 Å². The number of thioether (sulfide) groups is 1. The van der Waals surface area contributed by atoms with Crippen LogP contribution >= 0.6 is 11.8 Å². The van der Waals surface area contributed by atoms with Gasteiger partial charge in [0.15, 0.2) is 11.5 Å². The summed E-state index contributed by atoms with van der Waals surface area (Å²) in [7, 11) is 3.59. The SMILES string of the molecule is COc1cccc2c1OC[C@@H](C(=O)N(C)C1CCSCC1)C2. The maximum Gasteiger partial charge on any atom is 0.229 e. The van der Waals surface area contributed by atoms with Gasteiger partial charge in [0, 0.05) is 13.1 Å². The predicted molar refractivity (Wildman–Crippen MR) is 88.8 cm³/mol. The number of benzene rings is 1. The summed E-state index contributed by atoms with van der Waals surface area (Å²) in [6.07, 6.45) is 2.94. The molecular weight excluding hydrogens is 298 g/mol. The Balaban J connectivity index is 1.69. The van der Waals surface area contributed by atoms with Gasteiger partial charge >= 0.3 is 0 Å². The highest BCUT2D eigenvalue weighted by atomic mass is 32.2. The Morgan fingerprint density at radius 2 is 2.14 bits per heavy atom. The summed E-state index contributed by atoms with van der Waals surface area (Å²) in [5.41, 5.74) is 1.07. The molecule has 22 heavy (non-hydrogen) atoms. The van der Waals surface area contributed by atoms with Crippen molar-refractivity contribution in [3.8, 4) is 11.5 Å². The van der Waals surface area contributed by atoms with Gasteiger partial charge in [-0.05, 0) is 42.4 Å². The van der Waals surface area contributed by atoms with Gasteiger partial charge < -0.3 is 14.4 Å². The number of nitrogens with zero attached hydrogens (tertiary/aromatic N) is 1. The highest BCUT2D eigenvalue weighted by Gasteiger charge is 2.32. The van der Waals surface area contributed by atoms with Crippen molar-refractivity contribution in [3.05, 3.63) is 23.8 Å². The molecule has 1 fully saturated rings. The molecule has 0 saturated carbocycles. The van der Waals surface area contributed by atoms with E-state index in [0.717, 1.165) is 47.8 Å². The molecule has 0 radical (unpaired) electrons. The molecule has 2 aliphatic rings. The lowest BCUT2D eigenvalue weighted by molar-refractivity contribution is -0.137. The third-order valence-corrected chi connectivity index (χ3v) is 5.66. The van der Waals surface area contributed by atoms with Crippen molar-refractivity contribution in [2.75, 3.05) is 32.3 Å². The molecule has 3 rings (SSSR count). The van der Waals surface area contributed by atoms with Crippen molar-refractivity contribution < 1.29 is 14.3 Å². The van der Waals surface area contributed by atoms with Crippen LogP contribution in [-0.4, -0.2) is 49.1 Å². The lowest BCUT2D eigenvalue weighted by Gasteiger charge is -2.35. The minimum absolute atomic E-state index is 0.0841. The van der Waals surface area contributed by atoms with Crippen molar-refractivity contribution in [2.45, 2.75) is 25.3 Å². The first kappa shape index (κ1) is 15.5. The number of hydrogen-bond donors (Lipinski definition) is 0. The largest absolute Gasteiger partial charge is 0.493 e. The average molecular weight is 321 g/mol. The number of amides is 1. The van der Waals surface area contributed by atoms with E-state index in [1.807, 2.05) is 41.9 Å². The van der Waals surface area contributed by atoms with Crippen LogP contribution in [0.15, 0.2) is 18.2 Å². The topological polar surface area (TPSA) is 38.8 Å². The molecule has 0 N–H and O–H groups in total. The number of para-hydroxylation sites is 1. The first-order valence-corrected chi connectivity index (χ1v) is 8.99. The van der Waals surface area contributed by atoms with Gasteiger partial charge in [0.2, 0.25) is 5.91 Å². The molecule has 0 unspecified atom stereocenters. The van der Waals surface area contributed by atoms with E-state index in [2.05, 4.69) is 0 Å². The molecule has 5 heteroatoms. The van der Waals surface area contributed by atoms with Crippen LogP contribution in [0, 0.1) is 5.92 Å². The number of ether oxygens (including phenoxy) is 2. The summed E-state index contributed by atoms with van der Waals surface area (Å²) < 4.78 is 11.2. The number of hydrogen-bond acceptors (Lipinski definition) is 4. The van der Waals surface area contributed by atoms with Gasteiger partial charge in [-0.3, -0.25) is 4.79 Å². The molecule has 0 aliphatic carbocycles. The number of fused-ring (bicyclic) bond motifs is 1. The van der Waals surface area contributed by atoms with Crippen molar-refractivity contribution in [1.29, 1.82) is 0 Å². The van der Waals surface area contributed by atoms with E-state index in [-0.39, 0.29) is 11.8 Å². The van der Waals surface area contributed by atoms with Crippen LogP contribution in [0.2, 0.25) is 0 Å². The van der Waals surface area contributed by atoms with Gasteiger partial charge in [-0.1, -0.05) is 12.1 Å². The number of rotatable bonds is 3. The highest BCUT2D eigenvalue weighted by Crippen LogP contribution is 2.36. The van der Waals surface area contributed by atoms with E-state index >= 15 is 0 Å². The summed E-state index contributed by atoms with van der Waals surface area (Å²) in [5.74, 6) is 3.99. The Bertz CT molecular complexity index is 543. The average Bonchev–Trinajstić information content (AvgIpc) is 2.60. The van der Waals surface area contributed by atoms with E-state index in [0.29, 0.717) is 12.6 Å². The number of methoxy groups -OCH3 is 1. The summed E-state index contributed by atoms with van der Waals surface area (Å²) in [6.45, 7) is 0.442. The van der Waals surface area contributed by atoms with Crippen LogP contribution in [0.25, 0.3) is 0 Å². The zero-order valence-electron chi connectivity index (χ0n) is 13.2. The summed E-state index contributed by atoms with van der Waals surface area (Å²) in [5, 5.41) is 0. The quantitative estimate of drug-likeness (QED) is 0.858. The minimum atomic E-state index is -0.0841. The summed E-state index contributed by atoms with van der Waals surface area (Å²) >= 11 is 1.98. The predicted octanol–water partition coefficient (Wildman–Crippen LogP) is 2.60. The molecule has 1 aromatic carbocycles. The van der Waals surface area contributed by atoms with Gasteiger partial charge in [0.1, 0.15) is 6.61 Å². The van der Waals surface area contributed by atoms with Crippen molar-refractivity contribution in [2.24, 2.45) is 5.92 Å². The second-order valence-corrected chi connectivity index (χ2v) is 7.18. The van der Waals surface area contributed by atoms with Gasteiger partial charge in [-0.25, -0.2) is 0 Å². The summed E-state index contributed by atoms with van der Waals surface area (Å²) in [6, 6.07) is 6.26. The molecule has 1 atom stereocenters. The third kappa shape index (κ3) is 3.05. The molecule has 2 heterocycles. The first-order valence-electron chi connectivity index (χ1n) is 7.83. The third-order valence-electron chi connectivity index (χ3n) is 4.61. The second-order valence-electron chi connectivity index (χ2n) is 5.95. The van der Waals surface area contributed by atoms with Crippen LogP contribution in [0.5, 0.6) is 11.5 Å². The van der Waals surface area contributed by atoms with Crippen LogP contribution in [0.4, 0.5) is 0 Å². The molecule has 1 saturated heterocycles. The highest BCUT2D eigenvalue weighted by molar-refractivity contribution is 7.99. The van der Waals surface area contributed by atoms with Crippen LogP contribution in [-0.2, 0) is 11.2 Å². The van der Waals surface area contributed by atoms with Gasteiger partial charge in [0.05, 0.1) is 13.0 Å². The second kappa shape index (κ2) is 6.82. The van der Waals surface area contributed by atoms with E-state index in [1.165, 1.54) is 0 Å². The van der Waals surface area contributed by atoms with E-state index in [4.69, 9.17) is 9.47 Å². The van der Waals surface area contributed by atoms with Crippen LogP contribution in [0.3, 0.4) is 0 Å². The number of carbonyl (C=O) groups excluding carboxylic acids is 1. The van der Waals surface area contributed by atoms with E-state index in [1.54, 1.807) is 7.11 Å². The molecule has 1 aromatic rings. The first-order chi connectivity index (χ1) is 10.7. The van der Waals surface area contributed by atoms with Crippen LogP contribution < -0.4 is 9.47 Å². The molecule has 1 amide bonds. The van der Waals surface area contributed by atoms with Crippen molar-refractivity contribution in [1.82, 2.24) is 4.90 Å². The fourth-order valence-electron chi connectivity index (χ4n) is 3.25. The maximum absolute atomic E-state index is 12.8. The number of carbonyl (C=O) groups is 1. The monoisotopic (exact) mass is 321 g/mol. The Morgan fingerprint density at radius 3 is 2.86 bits per heavy atom. The zero-order chi connectivity index (χ0) is 15.5. The molecule has 2 aliphatic heterocycles. The van der Waals surface area contributed by atoms with Gasteiger partial charge in [-0.2, -0.15) is 11.8 Å².